The predicted octanol–water partition coefficient (Wildman–Crippen LogP) is 3.49. The number of nitrogens with one attached hydrogen (secondary N) is 1. The van der Waals surface area contributed by atoms with Gasteiger partial charge in [-0.15, -0.1) is 0 Å². The molecule has 142 valence electrons. The van der Waals surface area contributed by atoms with Crippen LogP contribution in [0.1, 0.15) is 11.1 Å². The molecule has 1 aromatic carbocycles. The first kappa shape index (κ1) is 19.1. The Kier molecular flexibility index (Phi) is 6.36. The van der Waals surface area contributed by atoms with Crippen molar-refractivity contribution in [1.82, 2.24) is 15.3 Å². The number of amides is 1. The molecule has 0 aliphatic heterocycles. The number of carbonyl (C=O) groups is 1. The first-order chi connectivity index (χ1) is 13.7. The Labute approximate surface area is 163 Å². The molecule has 0 unspecified atom stereocenters. The standard InChI is InChI=1S/C22H21N3O3/c1-27-20-9-6-16(12-21(20)28-2)7-10-22(26)25-14-17-5-8-19(24-13-17)18-4-3-11-23-15-18/h3-13,15H,14H2,1-2H3,(H,25,26). The lowest BCUT2D eigenvalue weighted by atomic mass is 10.1. The molecule has 1 N–H and O–H groups in total. The lowest BCUT2D eigenvalue weighted by molar-refractivity contribution is -0.116. The minimum atomic E-state index is -0.189. The summed E-state index contributed by atoms with van der Waals surface area (Å²) in [5.74, 6) is 1.07. The third-order valence-electron chi connectivity index (χ3n) is 4.08. The summed E-state index contributed by atoms with van der Waals surface area (Å²) in [7, 11) is 3.16. The van der Waals surface area contributed by atoms with Crippen LogP contribution in [0.3, 0.4) is 0 Å². The van der Waals surface area contributed by atoms with Crippen LogP contribution in [-0.4, -0.2) is 30.1 Å². The second kappa shape index (κ2) is 9.32. The van der Waals surface area contributed by atoms with Crippen LogP contribution in [0.25, 0.3) is 17.3 Å². The maximum absolute atomic E-state index is 12.1. The smallest absolute Gasteiger partial charge is 0.244 e. The maximum Gasteiger partial charge on any atom is 0.244 e. The van der Waals surface area contributed by atoms with Crippen LogP contribution in [-0.2, 0) is 11.3 Å². The molecule has 3 aromatic rings. The predicted molar refractivity (Wildman–Crippen MR) is 108 cm³/mol. The van der Waals surface area contributed by atoms with Crippen LogP contribution in [0.5, 0.6) is 11.5 Å². The third kappa shape index (κ3) is 4.94. The van der Waals surface area contributed by atoms with Gasteiger partial charge in [0.05, 0.1) is 19.9 Å². The van der Waals surface area contributed by atoms with Crippen molar-refractivity contribution in [2.75, 3.05) is 14.2 Å². The van der Waals surface area contributed by atoms with Gasteiger partial charge in [0, 0.05) is 36.8 Å². The van der Waals surface area contributed by atoms with Crippen molar-refractivity contribution in [2.24, 2.45) is 0 Å². The summed E-state index contributed by atoms with van der Waals surface area (Å²) >= 11 is 0. The number of aromatic nitrogens is 2. The maximum atomic E-state index is 12.1. The Balaban J connectivity index is 1.56. The van der Waals surface area contributed by atoms with Crippen molar-refractivity contribution in [3.05, 3.63) is 78.3 Å². The van der Waals surface area contributed by atoms with Gasteiger partial charge < -0.3 is 14.8 Å². The molecule has 0 fully saturated rings. The number of hydrogen-bond acceptors (Lipinski definition) is 5. The zero-order valence-corrected chi connectivity index (χ0v) is 15.8. The van der Waals surface area contributed by atoms with Gasteiger partial charge in [-0.05, 0) is 47.5 Å². The van der Waals surface area contributed by atoms with Crippen LogP contribution in [0.4, 0.5) is 0 Å². The average molecular weight is 375 g/mol. The van der Waals surface area contributed by atoms with Crippen LogP contribution in [0.2, 0.25) is 0 Å². The Morgan fingerprint density at radius 3 is 2.61 bits per heavy atom. The summed E-state index contributed by atoms with van der Waals surface area (Å²) in [6.07, 6.45) is 8.45. The van der Waals surface area contributed by atoms with Gasteiger partial charge in [0.2, 0.25) is 5.91 Å². The molecule has 0 aliphatic rings. The van der Waals surface area contributed by atoms with Gasteiger partial charge in [-0.25, -0.2) is 0 Å². The van der Waals surface area contributed by atoms with E-state index in [0.717, 1.165) is 22.4 Å². The van der Waals surface area contributed by atoms with E-state index in [1.54, 1.807) is 45.0 Å². The summed E-state index contributed by atoms with van der Waals surface area (Å²) in [4.78, 5) is 20.6. The van der Waals surface area contributed by atoms with Gasteiger partial charge in [-0.2, -0.15) is 0 Å². The van der Waals surface area contributed by atoms with E-state index >= 15 is 0 Å². The van der Waals surface area contributed by atoms with Gasteiger partial charge in [-0.3, -0.25) is 14.8 Å². The molecular weight excluding hydrogens is 354 g/mol. The van der Waals surface area contributed by atoms with Crippen LogP contribution in [0.15, 0.2) is 67.1 Å². The Hall–Kier alpha value is -3.67. The normalized spacial score (nSPS) is 10.6. The lowest BCUT2D eigenvalue weighted by Crippen LogP contribution is -2.20. The summed E-state index contributed by atoms with van der Waals surface area (Å²) in [6, 6.07) is 13.1. The lowest BCUT2D eigenvalue weighted by Gasteiger charge is -2.07. The van der Waals surface area contributed by atoms with E-state index in [4.69, 9.17) is 9.47 Å². The van der Waals surface area contributed by atoms with Crippen molar-refractivity contribution in [3.8, 4) is 22.8 Å². The molecule has 0 spiro atoms. The molecule has 6 heteroatoms. The first-order valence-electron chi connectivity index (χ1n) is 8.73. The van der Waals surface area contributed by atoms with E-state index in [0.29, 0.717) is 18.0 Å². The number of nitrogens with zero attached hydrogens (tertiary/aromatic N) is 2. The van der Waals surface area contributed by atoms with Crippen LogP contribution in [0, 0.1) is 0 Å². The quantitative estimate of drug-likeness (QED) is 0.640. The summed E-state index contributed by atoms with van der Waals surface area (Å²) in [5, 5.41) is 2.85. The molecule has 28 heavy (non-hydrogen) atoms. The molecule has 3 rings (SSSR count). The van der Waals surface area contributed by atoms with E-state index in [1.807, 2.05) is 36.4 Å². The molecule has 2 heterocycles. The largest absolute Gasteiger partial charge is 0.493 e. The van der Waals surface area contributed by atoms with E-state index in [2.05, 4.69) is 15.3 Å². The molecule has 0 saturated heterocycles. The second-order valence-corrected chi connectivity index (χ2v) is 5.96. The molecular formula is C22H21N3O3. The number of hydrogen-bond donors (Lipinski definition) is 1. The molecule has 0 aliphatic carbocycles. The van der Waals surface area contributed by atoms with Crippen LogP contribution < -0.4 is 14.8 Å². The SMILES string of the molecule is COc1ccc(C=CC(=O)NCc2ccc(-c3cccnc3)nc2)cc1OC. The van der Waals surface area contributed by atoms with Gasteiger partial charge in [0.15, 0.2) is 11.5 Å². The zero-order chi connectivity index (χ0) is 19.8. The number of benzene rings is 1. The van der Waals surface area contributed by atoms with Gasteiger partial charge >= 0.3 is 0 Å². The van der Waals surface area contributed by atoms with Crippen molar-refractivity contribution in [2.45, 2.75) is 6.54 Å². The van der Waals surface area contributed by atoms with E-state index in [1.165, 1.54) is 6.08 Å². The third-order valence-corrected chi connectivity index (χ3v) is 4.08. The average Bonchev–Trinajstić information content (AvgIpc) is 2.77. The van der Waals surface area contributed by atoms with Gasteiger partial charge in [0.1, 0.15) is 0 Å². The van der Waals surface area contributed by atoms with Crippen molar-refractivity contribution in [1.29, 1.82) is 0 Å². The van der Waals surface area contributed by atoms with Crippen molar-refractivity contribution < 1.29 is 14.3 Å². The molecule has 0 radical (unpaired) electrons. The number of ether oxygens (including phenoxy) is 2. The summed E-state index contributed by atoms with van der Waals surface area (Å²) in [5.41, 5.74) is 3.56. The molecule has 0 atom stereocenters. The Morgan fingerprint density at radius 2 is 1.93 bits per heavy atom. The molecule has 0 saturated carbocycles. The minimum Gasteiger partial charge on any atom is -0.493 e. The monoisotopic (exact) mass is 375 g/mol. The first-order valence-corrected chi connectivity index (χ1v) is 8.73. The van der Waals surface area contributed by atoms with Crippen molar-refractivity contribution >= 4 is 12.0 Å². The van der Waals surface area contributed by atoms with E-state index in [-0.39, 0.29) is 5.91 Å². The van der Waals surface area contributed by atoms with E-state index < -0.39 is 0 Å². The van der Waals surface area contributed by atoms with E-state index in [9.17, 15) is 4.79 Å². The fourth-order valence-corrected chi connectivity index (χ4v) is 2.59. The highest BCUT2D eigenvalue weighted by atomic mass is 16.5. The fraction of sp³-hybridized carbons (Fsp3) is 0.136. The highest BCUT2D eigenvalue weighted by Crippen LogP contribution is 2.27. The topological polar surface area (TPSA) is 73.3 Å². The van der Waals surface area contributed by atoms with Crippen LogP contribution >= 0.6 is 0 Å². The van der Waals surface area contributed by atoms with Gasteiger partial charge in [-0.1, -0.05) is 12.1 Å². The molecule has 2 aromatic heterocycles. The fourth-order valence-electron chi connectivity index (χ4n) is 2.59. The number of methoxy groups -OCH3 is 2. The molecule has 0 bridgehead atoms. The molecule has 6 nitrogen and oxygen atoms in total. The highest BCUT2D eigenvalue weighted by Gasteiger charge is 2.04. The number of pyridine rings is 2. The highest BCUT2D eigenvalue weighted by molar-refractivity contribution is 5.91. The Morgan fingerprint density at radius 1 is 1.07 bits per heavy atom. The number of carbonyl (C=O) groups excluding carboxylic acids is 1. The zero-order valence-electron chi connectivity index (χ0n) is 15.8. The molecule has 1 amide bonds. The second-order valence-electron chi connectivity index (χ2n) is 5.96. The van der Waals surface area contributed by atoms with Crippen molar-refractivity contribution in [3.63, 3.8) is 0 Å². The summed E-state index contributed by atoms with van der Waals surface area (Å²) in [6.45, 7) is 0.398. The van der Waals surface area contributed by atoms with Gasteiger partial charge in [0.25, 0.3) is 0 Å². The summed E-state index contributed by atoms with van der Waals surface area (Å²) < 4.78 is 10.5. The number of rotatable bonds is 7. The Bertz CT molecular complexity index is 955. The minimum absolute atomic E-state index is 0.189.